The van der Waals surface area contributed by atoms with E-state index in [1.165, 1.54) is 11.1 Å². The first-order chi connectivity index (χ1) is 10.2. The van der Waals surface area contributed by atoms with Gasteiger partial charge in [0.25, 0.3) is 0 Å². The van der Waals surface area contributed by atoms with E-state index in [1.807, 2.05) is 12.1 Å². The van der Waals surface area contributed by atoms with Gasteiger partial charge in [0.05, 0.1) is 15.2 Å². The molecule has 0 radical (unpaired) electrons. The summed E-state index contributed by atoms with van der Waals surface area (Å²) in [6.45, 7) is 3.12. The smallest absolute Gasteiger partial charge is 0.222 e. The van der Waals surface area contributed by atoms with Gasteiger partial charge in [-0.25, -0.2) is 4.98 Å². The Hall–Kier alpha value is -1.42. The van der Waals surface area contributed by atoms with E-state index in [0.29, 0.717) is 18.4 Å². The summed E-state index contributed by atoms with van der Waals surface area (Å²) in [5.41, 5.74) is 1.08. The molecule has 1 aliphatic rings. The number of benzene rings is 1. The van der Waals surface area contributed by atoms with Crippen LogP contribution >= 0.6 is 11.3 Å². The van der Waals surface area contributed by atoms with Crippen molar-refractivity contribution in [2.45, 2.75) is 51.5 Å². The molecule has 0 N–H and O–H groups in total. The van der Waals surface area contributed by atoms with Crippen molar-refractivity contribution in [2.75, 3.05) is 6.54 Å². The maximum Gasteiger partial charge on any atom is 0.222 e. The molecule has 1 amide bonds. The number of carbonyl (C=O) groups is 1. The van der Waals surface area contributed by atoms with Crippen LogP contribution in [-0.2, 0) is 11.2 Å². The Labute approximate surface area is 130 Å². The van der Waals surface area contributed by atoms with E-state index in [-0.39, 0.29) is 0 Å². The van der Waals surface area contributed by atoms with Gasteiger partial charge >= 0.3 is 0 Å². The summed E-state index contributed by atoms with van der Waals surface area (Å²) in [6.07, 6.45) is 6.05. The van der Waals surface area contributed by atoms with Gasteiger partial charge in [0.15, 0.2) is 0 Å². The lowest BCUT2D eigenvalue weighted by Crippen LogP contribution is -2.41. The highest BCUT2D eigenvalue weighted by Crippen LogP contribution is 2.23. The number of para-hydroxylation sites is 1. The SMILES string of the molecule is CC1CCCCN1C(=O)CCCc1nc2ccccc2s1. The van der Waals surface area contributed by atoms with Gasteiger partial charge in [-0.15, -0.1) is 11.3 Å². The van der Waals surface area contributed by atoms with Gasteiger partial charge in [0.2, 0.25) is 5.91 Å². The van der Waals surface area contributed by atoms with E-state index < -0.39 is 0 Å². The van der Waals surface area contributed by atoms with Gasteiger partial charge in [-0.3, -0.25) is 4.79 Å². The number of piperidine rings is 1. The Morgan fingerprint density at radius 1 is 1.38 bits per heavy atom. The highest BCUT2D eigenvalue weighted by Gasteiger charge is 2.22. The number of likely N-dealkylation sites (tertiary alicyclic amines) is 1. The Morgan fingerprint density at radius 3 is 3.05 bits per heavy atom. The second-order valence-corrected chi connectivity index (χ2v) is 6.98. The van der Waals surface area contributed by atoms with Gasteiger partial charge in [0.1, 0.15) is 0 Å². The zero-order valence-electron chi connectivity index (χ0n) is 12.5. The molecule has 112 valence electrons. The molecule has 3 nitrogen and oxygen atoms in total. The van der Waals surface area contributed by atoms with Crippen LogP contribution in [0.5, 0.6) is 0 Å². The van der Waals surface area contributed by atoms with Gasteiger partial charge in [-0.2, -0.15) is 0 Å². The van der Waals surface area contributed by atoms with Crippen molar-refractivity contribution < 1.29 is 4.79 Å². The number of carbonyl (C=O) groups excluding carboxylic acids is 1. The number of nitrogens with zero attached hydrogens (tertiary/aromatic N) is 2. The third-order valence-electron chi connectivity index (χ3n) is 4.24. The van der Waals surface area contributed by atoms with E-state index in [2.05, 4.69) is 28.9 Å². The molecule has 21 heavy (non-hydrogen) atoms. The van der Waals surface area contributed by atoms with Crippen molar-refractivity contribution in [1.29, 1.82) is 0 Å². The minimum absolute atomic E-state index is 0.323. The molecule has 1 atom stereocenters. The summed E-state index contributed by atoms with van der Waals surface area (Å²) in [4.78, 5) is 19.0. The number of hydrogen-bond donors (Lipinski definition) is 0. The monoisotopic (exact) mass is 302 g/mol. The van der Waals surface area contributed by atoms with E-state index in [9.17, 15) is 4.79 Å². The fourth-order valence-corrected chi connectivity index (χ4v) is 4.04. The predicted octanol–water partition coefficient (Wildman–Crippen LogP) is 4.02. The summed E-state index contributed by atoms with van der Waals surface area (Å²) < 4.78 is 1.24. The average molecular weight is 302 g/mol. The van der Waals surface area contributed by atoms with E-state index >= 15 is 0 Å². The number of aromatic nitrogens is 1. The lowest BCUT2D eigenvalue weighted by molar-refractivity contribution is -0.134. The first kappa shape index (κ1) is 14.5. The highest BCUT2D eigenvalue weighted by molar-refractivity contribution is 7.18. The first-order valence-electron chi connectivity index (χ1n) is 7.88. The summed E-state index contributed by atoms with van der Waals surface area (Å²) in [7, 11) is 0. The molecule has 0 spiro atoms. The van der Waals surface area contributed by atoms with Crippen LogP contribution in [0.1, 0.15) is 44.0 Å². The molecule has 1 aromatic carbocycles. The largest absolute Gasteiger partial charge is 0.340 e. The minimum atomic E-state index is 0.323. The highest BCUT2D eigenvalue weighted by atomic mass is 32.1. The summed E-state index contributed by atoms with van der Waals surface area (Å²) in [5, 5.41) is 1.15. The van der Waals surface area contributed by atoms with Gasteiger partial charge in [-0.05, 0) is 51.2 Å². The standard InChI is InChI=1S/C17H22N2OS/c1-13-7-4-5-12-19(13)17(20)11-6-10-16-18-14-8-2-3-9-15(14)21-16/h2-3,8-9,13H,4-7,10-12H2,1H3. The van der Waals surface area contributed by atoms with Crippen LogP contribution in [0.15, 0.2) is 24.3 Å². The van der Waals surface area contributed by atoms with Crippen molar-refractivity contribution in [2.24, 2.45) is 0 Å². The van der Waals surface area contributed by atoms with Crippen molar-refractivity contribution >= 4 is 27.5 Å². The second kappa shape index (κ2) is 6.56. The van der Waals surface area contributed by atoms with Crippen LogP contribution in [0, 0.1) is 0 Å². The molecular formula is C17H22N2OS. The summed E-state index contributed by atoms with van der Waals surface area (Å²) in [5.74, 6) is 0.323. The minimum Gasteiger partial charge on any atom is -0.340 e. The molecule has 4 heteroatoms. The molecule has 2 heterocycles. The zero-order chi connectivity index (χ0) is 14.7. The predicted molar refractivity (Wildman–Crippen MR) is 87.6 cm³/mol. The first-order valence-corrected chi connectivity index (χ1v) is 8.69. The topological polar surface area (TPSA) is 33.2 Å². The molecule has 3 rings (SSSR count). The van der Waals surface area contributed by atoms with Crippen LogP contribution < -0.4 is 0 Å². The Morgan fingerprint density at radius 2 is 2.24 bits per heavy atom. The lowest BCUT2D eigenvalue weighted by Gasteiger charge is -2.33. The molecule has 1 unspecified atom stereocenters. The van der Waals surface area contributed by atoms with Crippen LogP contribution in [0.25, 0.3) is 10.2 Å². The van der Waals surface area contributed by atoms with Gasteiger partial charge < -0.3 is 4.90 Å². The Bertz CT molecular complexity index is 589. The number of thiazole rings is 1. The normalized spacial score (nSPS) is 19.1. The summed E-state index contributed by atoms with van der Waals surface area (Å²) in [6, 6.07) is 8.65. The molecule has 1 aromatic heterocycles. The molecule has 0 saturated carbocycles. The third-order valence-corrected chi connectivity index (χ3v) is 5.34. The number of hydrogen-bond acceptors (Lipinski definition) is 3. The maximum absolute atomic E-state index is 12.3. The van der Waals surface area contributed by atoms with E-state index in [1.54, 1.807) is 11.3 Å². The molecule has 1 saturated heterocycles. The fourth-order valence-electron chi connectivity index (χ4n) is 3.03. The number of fused-ring (bicyclic) bond motifs is 1. The average Bonchev–Trinajstić information content (AvgIpc) is 2.90. The third kappa shape index (κ3) is 3.43. The molecular weight excluding hydrogens is 280 g/mol. The van der Waals surface area contributed by atoms with Crippen molar-refractivity contribution in [3.8, 4) is 0 Å². The van der Waals surface area contributed by atoms with Crippen molar-refractivity contribution in [3.63, 3.8) is 0 Å². The van der Waals surface area contributed by atoms with Crippen LogP contribution in [0.2, 0.25) is 0 Å². The van der Waals surface area contributed by atoms with E-state index in [0.717, 1.165) is 42.8 Å². The molecule has 0 aliphatic carbocycles. The van der Waals surface area contributed by atoms with Crippen molar-refractivity contribution in [1.82, 2.24) is 9.88 Å². The van der Waals surface area contributed by atoms with E-state index in [4.69, 9.17) is 0 Å². The van der Waals surface area contributed by atoms with Crippen LogP contribution in [0.4, 0.5) is 0 Å². The summed E-state index contributed by atoms with van der Waals surface area (Å²) >= 11 is 1.75. The maximum atomic E-state index is 12.3. The lowest BCUT2D eigenvalue weighted by atomic mass is 10.0. The Kier molecular flexibility index (Phi) is 4.54. The number of amides is 1. The molecule has 1 aliphatic heterocycles. The fraction of sp³-hybridized carbons (Fsp3) is 0.529. The van der Waals surface area contributed by atoms with Crippen molar-refractivity contribution in [3.05, 3.63) is 29.3 Å². The molecule has 2 aromatic rings. The second-order valence-electron chi connectivity index (χ2n) is 5.86. The van der Waals surface area contributed by atoms with Crippen LogP contribution in [0.3, 0.4) is 0 Å². The van der Waals surface area contributed by atoms with Crippen LogP contribution in [-0.4, -0.2) is 28.4 Å². The molecule has 0 bridgehead atoms. The number of rotatable bonds is 4. The quantitative estimate of drug-likeness (QED) is 0.854. The number of aryl methyl sites for hydroxylation is 1. The zero-order valence-corrected chi connectivity index (χ0v) is 13.4. The van der Waals surface area contributed by atoms with Gasteiger partial charge in [0, 0.05) is 19.0 Å². The Balaban J connectivity index is 1.52. The van der Waals surface area contributed by atoms with Gasteiger partial charge in [-0.1, -0.05) is 12.1 Å². The molecule has 1 fully saturated rings.